The van der Waals surface area contributed by atoms with Gasteiger partial charge in [0.15, 0.2) is 0 Å². The first kappa shape index (κ1) is 14.5. The topological polar surface area (TPSA) is 59.1 Å². The first-order valence-electron chi connectivity index (χ1n) is 6.08. The summed E-state index contributed by atoms with van der Waals surface area (Å²) in [5.41, 5.74) is 0. The molecule has 18 heavy (non-hydrogen) atoms. The summed E-state index contributed by atoms with van der Waals surface area (Å²) in [7, 11) is -3.43. The first-order chi connectivity index (χ1) is 8.55. The van der Waals surface area contributed by atoms with Crippen LogP contribution in [0.4, 0.5) is 0 Å². The average molecular weight is 299 g/mol. The molecule has 2 rings (SSSR count). The Morgan fingerprint density at radius 3 is 2.61 bits per heavy atom. The van der Waals surface area contributed by atoms with Crippen LogP contribution in [0.25, 0.3) is 0 Å². The zero-order chi connectivity index (χ0) is 13.2. The highest BCUT2D eigenvalue weighted by atomic mass is 35.5. The van der Waals surface area contributed by atoms with Gasteiger partial charge in [-0.2, -0.15) is 17.0 Å². The molecule has 0 aliphatic carbocycles. The van der Waals surface area contributed by atoms with Gasteiger partial charge in [-0.05, 0) is 6.92 Å². The van der Waals surface area contributed by atoms with Gasteiger partial charge in [0.1, 0.15) is 0 Å². The molecule has 8 heteroatoms. The number of nitrogens with zero attached hydrogens (tertiary/aromatic N) is 2. The number of morpholine rings is 2. The largest absolute Gasteiger partial charge is 0.379 e. The van der Waals surface area contributed by atoms with E-state index >= 15 is 0 Å². The Morgan fingerprint density at radius 1 is 1.33 bits per heavy atom. The standard InChI is InChI=1S/C10H19ClN2O4S/c1-9-8-17-10(6-11)7-13(9)18(14,15)12-2-4-16-5-3-12/h9-10H,2-8H2,1H3. The smallest absolute Gasteiger partial charge is 0.282 e. The van der Waals surface area contributed by atoms with Crippen molar-refractivity contribution in [2.45, 2.75) is 19.1 Å². The third-order valence-electron chi connectivity index (χ3n) is 3.21. The van der Waals surface area contributed by atoms with E-state index in [0.717, 1.165) is 0 Å². The second kappa shape index (κ2) is 6.02. The number of hydrogen-bond acceptors (Lipinski definition) is 4. The molecular formula is C10H19ClN2O4S. The van der Waals surface area contributed by atoms with Gasteiger partial charge in [0.2, 0.25) is 0 Å². The van der Waals surface area contributed by atoms with Crippen LogP contribution in [0.5, 0.6) is 0 Å². The van der Waals surface area contributed by atoms with Gasteiger partial charge >= 0.3 is 0 Å². The zero-order valence-corrected chi connectivity index (χ0v) is 12.0. The molecule has 0 spiro atoms. The second-order valence-electron chi connectivity index (χ2n) is 4.55. The van der Waals surface area contributed by atoms with E-state index in [4.69, 9.17) is 21.1 Å². The Hall–Kier alpha value is 0.0800. The van der Waals surface area contributed by atoms with Crippen LogP contribution in [0, 0.1) is 0 Å². The molecule has 0 aromatic heterocycles. The van der Waals surface area contributed by atoms with Crippen molar-refractivity contribution in [2.24, 2.45) is 0 Å². The van der Waals surface area contributed by atoms with E-state index < -0.39 is 10.2 Å². The molecule has 2 fully saturated rings. The molecule has 2 saturated heterocycles. The van der Waals surface area contributed by atoms with Crippen LogP contribution in [0.1, 0.15) is 6.92 Å². The predicted octanol–water partition coefficient (Wildman–Crippen LogP) is -0.108. The fourth-order valence-corrected chi connectivity index (χ4v) is 4.10. The maximum absolute atomic E-state index is 12.5. The van der Waals surface area contributed by atoms with Crippen molar-refractivity contribution in [2.75, 3.05) is 45.3 Å². The van der Waals surface area contributed by atoms with Crippen LogP contribution in [-0.2, 0) is 19.7 Å². The second-order valence-corrected chi connectivity index (χ2v) is 6.74. The van der Waals surface area contributed by atoms with Crippen LogP contribution in [0.2, 0.25) is 0 Å². The van der Waals surface area contributed by atoms with Crippen LogP contribution in [0.15, 0.2) is 0 Å². The van der Waals surface area contributed by atoms with E-state index in [1.54, 1.807) is 0 Å². The van der Waals surface area contributed by atoms with E-state index in [1.807, 2.05) is 6.92 Å². The molecule has 0 N–H and O–H groups in total. The van der Waals surface area contributed by atoms with Crippen molar-refractivity contribution >= 4 is 21.8 Å². The molecular weight excluding hydrogens is 280 g/mol. The Balaban J connectivity index is 2.11. The van der Waals surface area contributed by atoms with Crippen molar-refractivity contribution in [3.63, 3.8) is 0 Å². The molecule has 2 atom stereocenters. The molecule has 0 radical (unpaired) electrons. The molecule has 2 aliphatic rings. The van der Waals surface area contributed by atoms with Crippen molar-refractivity contribution < 1.29 is 17.9 Å². The predicted molar refractivity (Wildman–Crippen MR) is 67.9 cm³/mol. The highest BCUT2D eigenvalue weighted by Crippen LogP contribution is 2.20. The van der Waals surface area contributed by atoms with Gasteiger partial charge in [-0.1, -0.05) is 0 Å². The van der Waals surface area contributed by atoms with Gasteiger partial charge in [0.05, 0.1) is 25.9 Å². The lowest BCUT2D eigenvalue weighted by molar-refractivity contribution is -0.0190. The van der Waals surface area contributed by atoms with E-state index in [9.17, 15) is 8.42 Å². The summed E-state index contributed by atoms with van der Waals surface area (Å²) in [6, 6.07) is -0.155. The molecule has 2 heterocycles. The van der Waals surface area contributed by atoms with Crippen molar-refractivity contribution in [1.29, 1.82) is 0 Å². The maximum atomic E-state index is 12.5. The summed E-state index contributed by atoms with van der Waals surface area (Å²) >= 11 is 5.75. The van der Waals surface area contributed by atoms with E-state index in [1.165, 1.54) is 8.61 Å². The third-order valence-corrected chi connectivity index (χ3v) is 5.68. The van der Waals surface area contributed by atoms with Gasteiger partial charge in [-0.15, -0.1) is 11.6 Å². The number of ether oxygens (including phenoxy) is 2. The molecule has 0 aromatic carbocycles. The molecule has 0 amide bonds. The van der Waals surface area contributed by atoms with Gasteiger partial charge < -0.3 is 9.47 Å². The van der Waals surface area contributed by atoms with Crippen molar-refractivity contribution in [3.8, 4) is 0 Å². The van der Waals surface area contributed by atoms with E-state index in [2.05, 4.69) is 0 Å². The molecule has 2 unspecified atom stereocenters. The van der Waals surface area contributed by atoms with Gasteiger partial charge in [-0.3, -0.25) is 0 Å². The first-order valence-corrected chi connectivity index (χ1v) is 8.01. The van der Waals surface area contributed by atoms with Crippen molar-refractivity contribution in [3.05, 3.63) is 0 Å². The average Bonchev–Trinajstić information content (AvgIpc) is 2.40. The van der Waals surface area contributed by atoms with E-state index in [-0.39, 0.29) is 12.1 Å². The third kappa shape index (κ3) is 2.97. The van der Waals surface area contributed by atoms with Gasteiger partial charge in [0.25, 0.3) is 10.2 Å². The molecule has 0 aromatic rings. The summed E-state index contributed by atoms with van der Waals surface area (Å²) in [6.07, 6.45) is -0.223. The van der Waals surface area contributed by atoms with Crippen LogP contribution >= 0.6 is 11.6 Å². The molecule has 6 nitrogen and oxygen atoms in total. The Kier molecular flexibility index (Phi) is 4.85. The van der Waals surface area contributed by atoms with E-state index in [0.29, 0.717) is 45.3 Å². The highest BCUT2D eigenvalue weighted by Gasteiger charge is 2.38. The fraction of sp³-hybridized carbons (Fsp3) is 1.00. The SMILES string of the molecule is CC1COC(CCl)CN1S(=O)(=O)N1CCOCC1. The molecule has 2 aliphatic heterocycles. The summed E-state index contributed by atoms with van der Waals surface area (Å²) in [4.78, 5) is 0. The highest BCUT2D eigenvalue weighted by molar-refractivity contribution is 7.86. The number of hydrogen-bond donors (Lipinski definition) is 0. The Labute approximate surface area is 113 Å². The zero-order valence-electron chi connectivity index (χ0n) is 10.4. The Morgan fingerprint density at radius 2 is 2.00 bits per heavy atom. The minimum absolute atomic E-state index is 0.155. The van der Waals surface area contributed by atoms with Crippen LogP contribution < -0.4 is 0 Å². The number of rotatable bonds is 3. The number of halogens is 1. The molecule has 106 valence electrons. The summed E-state index contributed by atoms with van der Waals surface area (Å²) in [6.45, 7) is 4.30. The fourth-order valence-electron chi connectivity index (χ4n) is 2.13. The summed E-state index contributed by atoms with van der Waals surface area (Å²) in [5, 5.41) is 0. The maximum Gasteiger partial charge on any atom is 0.282 e. The van der Waals surface area contributed by atoms with Crippen molar-refractivity contribution in [1.82, 2.24) is 8.61 Å². The minimum Gasteiger partial charge on any atom is -0.379 e. The monoisotopic (exact) mass is 298 g/mol. The normalized spacial score (nSPS) is 32.6. The molecule has 0 bridgehead atoms. The van der Waals surface area contributed by atoms with Gasteiger partial charge in [0, 0.05) is 31.6 Å². The lowest BCUT2D eigenvalue weighted by Gasteiger charge is -2.39. The lowest BCUT2D eigenvalue weighted by Crippen LogP contribution is -2.57. The molecule has 0 saturated carbocycles. The lowest BCUT2D eigenvalue weighted by atomic mass is 10.2. The van der Waals surface area contributed by atoms with Gasteiger partial charge in [-0.25, -0.2) is 0 Å². The van der Waals surface area contributed by atoms with Crippen LogP contribution in [0.3, 0.4) is 0 Å². The summed E-state index contributed by atoms with van der Waals surface area (Å²) in [5.74, 6) is 0.307. The minimum atomic E-state index is -3.43. The van der Waals surface area contributed by atoms with Crippen LogP contribution in [-0.4, -0.2) is 74.5 Å². The number of alkyl halides is 1. The quantitative estimate of drug-likeness (QED) is 0.682. The summed E-state index contributed by atoms with van der Waals surface area (Å²) < 4.78 is 38.6. The Bertz CT molecular complexity index is 372.